The van der Waals surface area contributed by atoms with Gasteiger partial charge in [0.2, 0.25) is 5.91 Å². The van der Waals surface area contributed by atoms with E-state index in [9.17, 15) is 9.18 Å². The Morgan fingerprint density at radius 3 is 2.67 bits per heavy atom. The molecule has 5 aromatic heterocycles. The number of aromatic amines is 2. The predicted molar refractivity (Wildman–Crippen MR) is 153 cm³/mol. The smallest absolute Gasteiger partial charge is 0.224 e. The summed E-state index contributed by atoms with van der Waals surface area (Å²) in [5, 5.41) is 10.4. The van der Waals surface area contributed by atoms with Gasteiger partial charge in [0.1, 0.15) is 11.3 Å². The van der Waals surface area contributed by atoms with Crippen LogP contribution in [0.15, 0.2) is 61.1 Å². The van der Waals surface area contributed by atoms with Crippen LogP contribution >= 0.6 is 0 Å². The van der Waals surface area contributed by atoms with Gasteiger partial charge in [0.05, 0.1) is 28.6 Å². The summed E-state index contributed by atoms with van der Waals surface area (Å²) in [5.74, 6) is 0.112. The van der Waals surface area contributed by atoms with E-state index in [2.05, 4.69) is 35.5 Å². The Bertz CT molecular complexity index is 1880. The molecule has 0 aliphatic heterocycles. The molecule has 3 N–H and O–H groups in total. The summed E-state index contributed by atoms with van der Waals surface area (Å²) in [7, 11) is 0. The van der Waals surface area contributed by atoms with Gasteiger partial charge in [-0.1, -0.05) is 26.8 Å². The number of fused-ring (bicyclic) bond motifs is 2. The number of H-pyrrole nitrogens is 2. The molecule has 0 unspecified atom stereocenters. The molecule has 0 saturated carbocycles. The van der Waals surface area contributed by atoms with Crippen molar-refractivity contribution in [1.29, 1.82) is 0 Å². The lowest BCUT2D eigenvalue weighted by atomic mass is 9.92. The average Bonchev–Trinajstić information content (AvgIpc) is 3.50. The molecule has 5 heterocycles. The molecule has 0 saturated heterocycles. The maximum atomic E-state index is 14.2. The van der Waals surface area contributed by atoms with Crippen LogP contribution in [0.1, 0.15) is 32.8 Å². The Morgan fingerprint density at radius 2 is 1.88 bits per heavy atom. The Kier molecular flexibility index (Phi) is 6.10. The first-order valence-corrected chi connectivity index (χ1v) is 12.9. The quantitative estimate of drug-likeness (QED) is 0.233. The minimum atomic E-state index is -0.304. The van der Waals surface area contributed by atoms with Crippen molar-refractivity contribution in [2.45, 2.75) is 34.1 Å². The van der Waals surface area contributed by atoms with Crippen LogP contribution < -0.4 is 5.32 Å². The first-order valence-electron chi connectivity index (χ1n) is 12.9. The minimum Gasteiger partial charge on any atom is -0.335 e. The highest BCUT2D eigenvalue weighted by molar-refractivity contribution is 5.95. The SMILES string of the molecule is Cc1cc(F)cc(-c2ccnc3nc(-c4n[nH]c5ccc(-c6cncc(NC(=O)CC(C)(C)C)c6)nc45)[nH]c23)c1. The molecule has 1 aromatic carbocycles. The van der Waals surface area contributed by atoms with Gasteiger partial charge in [-0.2, -0.15) is 5.10 Å². The van der Waals surface area contributed by atoms with Gasteiger partial charge >= 0.3 is 0 Å². The van der Waals surface area contributed by atoms with Crippen LogP contribution in [0.2, 0.25) is 0 Å². The van der Waals surface area contributed by atoms with Crippen molar-refractivity contribution in [3.63, 3.8) is 0 Å². The summed E-state index contributed by atoms with van der Waals surface area (Å²) in [6, 6.07) is 12.3. The van der Waals surface area contributed by atoms with Crippen molar-refractivity contribution in [2.24, 2.45) is 5.41 Å². The van der Waals surface area contributed by atoms with E-state index in [0.29, 0.717) is 46.0 Å². The topological polar surface area (TPSA) is 125 Å². The second kappa shape index (κ2) is 9.64. The zero-order chi connectivity index (χ0) is 28.0. The maximum Gasteiger partial charge on any atom is 0.224 e. The fourth-order valence-electron chi connectivity index (χ4n) is 4.72. The van der Waals surface area contributed by atoms with Gasteiger partial charge in [-0.15, -0.1) is 0 Å². The Balaban J connectivity index is 1.37. The van der Waals surface area contributed by atoms with E-state index in [4.69, 9.17) is 4.98 Å². The number of carbonyl (C=O) groups excluding carboxylic acids is 1. The number of pyridine rings is 3. The number of nitrogens with one attached hydrogen (secondary N) is 3. The largest absolute Gasteiger partial charge is 0.335 e. The molecule has 0 aliphatic carbocycles. The van der Waals surface area contributed by atoms with Crippen molar-refractivity contribution >= 4 is 33.8 Å². The summed E-state index contributed by atoms with van der Waals surface area (Å²) in [6.45, 7) is 7.91. The summed E-state index contributed by atoms with van der Waals surface area (Å²) in [4.78, 5) is 34.0. The van der Waals surface area contributed by atoms with E-state index in [1.165, 1.54) is 12.1 Å². The van der Waals surface area contributed by atoms with Gasteiger partial charge in [-0.05, 0) is 59.9 Å². The van der Waals surface area contributed by atoms with E-state index in [-0.39, 0.29) is 17.1 Å². The van der Waals surface area contributed by atoms with Gasteiger partial charge in [-0.3, -0.25) is 14.9 Å². The number of aromatic nitrogens is 7. The van der Waals surface area contributed by atoms with E-state index >= 15 is 0 Å². The number of rotatable bonds is 5. The molecule has 0 fully saturated rings. The molecule has 0 bridgehead atoms. The molecular formula is C30H27FN8O. The molecular weight excluding hydrogens is 507 g/mol. The van der Waals surface area contributed by atoms with Crippen molar-refractivity contribution in [1.82, 2.24) is 35.1 Å². The highest BCUT2D eigenvalue weighted by Gasteiger charge is 2.19. The predicted octanol–water partition coefficient (Wildman–Crippen LogP) is 6.45. The third-order valence-electron chi connectivity index (χ3n) is 6.39. The first kappa shape index (κ1) is 25.3. The van der Waals surface area contributed by atoms with Gasteiger partial charge in [0, 0.05) is 29.9 Å². The van der Waals surface area contributed by atoms with Gasteiger partial charge in [-0.25, -0.2) is 19.3 Å². The number of hydrogen-bond donors (Lipinski definition) is 3. The maximum absolute atomic E-state index is 14.2. The van der Waals surface area contributed by atoms with Crippen molar-refractivity contribution in [3.05, 3.63) is 72.4 Å². The van der Waals surface area contributed by atoms with Gasteiger partial charge in [0.25, 0.3) is 0 Å². The number of hydrogen-bond acceptors (Lipinski definition) is 6. The number of aryl methyl sites for hydroxylation is 1. The fourth-order valence-corrected chi connectivity index (χ4v) is 4.72. The Morgan fingerprint density at radius 1 is 1.02 bits per heavy atom. The zero-order valence-corrected chi connectivity index (χ0v) is 22.5. The third-order valence-corrected chi connectivity index (χ3v) is 6.39. The van der Waals surface area contributed by atoms with E-state index in [1.54, 1.807) is 18.6 Å². The van der Waals surface area contributed by atoms with Crippen LogP contribution in [0.3, 0.4) is 0 Å². The highest BCUT2D eigenvalue weighted by atomic mass is 19.1. The zero-order valence-electron chi connectivity index (χ0n) is 22.5. The third kappa shape index (κ3) is 5.03. The molecule has 6 aromatic rings. The standard InChI is InChI=1S/C30H27FN8O/c1-16-9-17(11-19(31)10-16)21-7-8-33-28-25(21)36-29(37-28)27-26-23(38-39-27)6-5-22(35-26)18-12-20(15-32-14-18)34-24(40)13-30(2,3)4/h5-12,14-15H,13H2,1-4H3,(H,34,40)(H,38,39)(H,33,36,37). The van der Waals surface area contributed by atoms with Gasteiger partial charge < -0.3 is 10.3 Å². The summed E-state index contributed by atoms with van der Waals surface area (Å²) >= 11 is 0. The molecule has 0 aliphatic rings. The number of benzene rings is 1. The second-order valence-electron chi connectivity index (χ2n) is 11.1. The lowest BCUT2D eigenvalue weighted by molar-refractivity contribution is -0.117. The van der Waals surface area contributed by atoms with E-state index in [0.717, 1.165) is 27.8 Å². The van der Waals surface area contributed by atoms with Crippen LogP contribution in [0, 0.1) is 18.2 Å². The number of imidazole rings is 1. The molecule has 40 heavy (non-hydrogen) atoms. The van der Waals surface area contributed by atoms with Crippen LogP contribution in [-0.2, 0) is 4.79 Å². The number of amides is 1. The summed E-state index contributed by atoms with van der Waals surface area (Å²) in [6.07, 6.45) is 5.37. The lowest BCUT2D eigenvalue weighted by Gasteiger charge is -2.17. The van der Waals surface area contributed by atoms with E-state index in [1.807, 2.05) is 58.0 Å². The lowest BCUT2D eigenvalue weighted by Crippen LogP contribution is -2.19. The molecule has 0 spiro atoms. The monoisotopic (exact) mass is 534 g/mol. The van der Waals surface area contributed by atoms with Crippen molar-refractivity contribution in [3.8, 4) is 33.9 Å². The summed E-state index contributed by atoms with van der Waals surface area (Å²) in [5.41, 5.74) is 7.27. The van der Waals surface area contributed by atoms with Gasteiger partial charge in [0.15, 0.2) is 17.2 Å². The van der Waals surface area contributed by atoms with Crippen LogP contribution in [0.25, 0.3) is 56.1 Å². The Labute approximate surface area is 229 Å². The Hall–Kier alpha value is -4.99. The molecule has 1 amide bonds. The molecule has 10 heteroatoms. The summed E-state index contributed by atoms with van der Waals surface area (Å²) < 4.78 is 14.2. The van der Waals surface area contributed by atoms with E-state index < -0.39 is 0 Å². The van der Waals surface area contributed by atoms with Crippen LogP contribution in [-0.4, -0.2) is 41.0 Å². The van der Waals surface area contributed by atoms with Crippen LogP contribution in [0.4, 0.5) is 10.1 Å². The molecule has 6 rings (SSSR count). The first-order chi connectivity index (χ1) is 19.1. The number of carbonyl (C=O) groups is 1. The molecule has 0 radical (unpaired) electrons. The minimum absolute atomic E-state index is 0.0711. The molecule has 200 valence electrons. The molecule has 0 atom stereocenters. The van der Waals surface area contributed by atoms with Crippen LogP contribution in [0.5, 0.6) is 0 Å². The fraction of sp³-hybridized carbons (Fsp3) is 0.200. The highest BCUT2D eigenvalue weighted by Crippen LogP contribution is 2.32. The average molecular weight is 535 g/mol. The van der Waals surface area contributed by atoms with Crippen molar-refractivity contribution < 1.29 is 9.18 Å². The number of anilines is 1. The number of halogens is 1. The van der Waals surface area contributed by atoms with Crippen molar-refractivity contribution in [2.75, 3.05) is 5.32 Å². The second-order valence-corrected chi connectivity index (χ2v) is 11.1. The normalized spacial score (nSPS) is 11.8. The number of nitrogens with zero attached hydrogens (tertiary/aromatic N) is 5. The molecule has 9 nitrogen and oxygen atoms in total.